The van der Waals surface area contributed by atoms with E-state index < -0.39 is 0 Å². The van der Waals surface area contributed by atoms with Gasteiger partial charge in [0.05, 0.1) is 0 Å². The topological polar surface area (TPSA) is 153 Å². The maximum Gasteiger partial charge on any atom is 0.240 e. The lowest BCUT2D eigenvalue weighted by molar-refractivity contribution is 0.717. The molecule has 2 heterocycles. The normalized spacial score (nSPS) is 10.5. The molecule has 2 aromatic heterocycles. The highest BCUT2D eigenvalue weighted by Gasteiger charge is 2.06. The second-order valence-electron chi connectivity index (χ2n) is 4.39. The number of nitrogens with zero attached hydrogens (tertiary/aromatic N) is 6. The van der Waals surface area contributed by atoms with Crippen molar-refractivity contribution in [3.05, 3.63) is 23.3 Å². The van der Waals surface area contributed by atoms with E-state index in [1.807, 2.05) is 0 Å². The van der Waals surface area contributed by atoms with E-state index in [-0.39, 0.29) is 0 Å². The Kier molecular flexibility index (Phi) is 4.85. The van der Waals surface area contributed by atoms with Crippen LogP contribution in [0.25, 0.3) is 0 Å². The fourth-order valence-electron chi connectivity index (χ4n) is 1.83. The number of aromatic nitrogens is 6. The van der Waals surface area contributed by atoms with Gasteiger partial charge in [-0.1, -0.05) is 0 Å². The van der Waals surface area contributed by atoms with Gasteiger partial charge in [-0.05, 0) is 20.3 Å². The van der Waals surface area contributed by atoms with Gasteiger partial charge in [-0.15, -0.1) is 0 Å². The van der Waals surface area contributed by atoms with Crippen LogP contribution in [0, 0.1) is 13.8 Å². The smallest absolute Gasteiger partial charge is 0.240 e. The van der Waals surface area contributed by atoms with Gasteiger partial charge in [0.25, 0.3) is 0 Å². The van der Waals surface area contributed by atoms with Gasteiger partial charge in [0.1, 0.15) is 23.3 Å². The highest BCUT2D eigenvalue weighted by Crippen LogP contribution is 2.06. The standard InChI is InChI=1S/C11H18N10/c1-6-14-8(18-10(16-6)20-12)4-3-5-9-15-7(2)17-11(19-9)21-13/h3-5,12-13H2,1-2H3,(H,14,16,18,20)(H,15,17,19,21). The lowest BCUT2D eigenvalue weighted by Crippen LogP contribution is -2.14. The molecule has 112 valence electrons. The Morgan fingerprint density at radius 3 is 1.52 bits per heavy atom. The molecule has 10 nitrogen and oxygen atoms in total. The van der Waals surface area contributed by atoms with Crippen molar-refractivity contribution < 1.29 is 0 Å². The lowest BCUT2D eigenvalue weighted by atomic mass is 10.2. The van der Waals surface area contributed by atoms with Crippen molar-refractivity contribution in [3.8, 4) is 0 Å². The first kappa shape index (κ1) is 14.9. The highest BCUT2D eigenvalue weighted by atomic mass is 15.3. The molecule has 0 amide bonds. The van der Waals surface area contributed by atoms with E-state index in [1.54, 1.807) is 13.8 Å². The molecule has 0 bridgehead atoms. The summed E-state index contributed by atoms with van der Waals surface area (Å²) >= 11 is 0. The van der Waals surface area contributed by atoms with Crippen molar-refractivity contribution in [3.63, 3.8) is 0 Å². The number of hydrazine groups is 2. The zero-order valence-corrected chi connectivity index (χ0v) is 12.0. The van der Waals surface area contributed by atoms with Crippen LogP contribution in [-0.2, 0) is 12.8 Å². The molecule has 10 heteroatoms. The Balaban J connectivity index is 1.98. The first-order valence-electron chi connectivity index (χ1n) is 6.47. The second-order valence-corrected chi connectivity index (χ2v) is 4.39. The molecule has 0 fully saturated rings. The quantitative estimate of drug-likeness (QED) is 0.401. The van der Waals surface area contributed by atoms with Crippen LogP contribution in [-0.4, -0.2) is 29.9 Å². The molecule has 0 radical (unpaired) electrons. The van der Waals surface area contributed by atoms with Crippen LogP contribution in [0.3, 0.4) is 0 Å². The zero-order valence-electron chi connectivity index (χ0n) is 12.0. The Hall–Kier alpha value is -2.46. The number of anilines is 2. The predicted octanol–water partition coefficient (Wildman–Crippen LogP) is -0.580. The third-order valence-electron chi connectivity index (χ3n) is 2.65. The molecular formula is C11H18N10. The molecule has 21 heavy (non-hydrogen) atoms. The molecule has 0 aliphatic carbocycles. The molecule has 0 unspecified atom stereocenters. The fraction of sp³-hybridized carbons (Fsp3) is 0.455. The predicted molar refractivity (Wildman–Crippen MR) is 76.8 cm³/mol. The number of nitrogens with two attached hydrogens (primary N) is 2. The molecule has 0 saturated carbocycles. The van der Waals surface area contributed by atoms with Crippen LogP contribution in [0.2, 0.25) is 0 Å². The van der Waals surface area contributed by atoms with E-state index >= 15 is 0 Å². The third-order valence-corrected chi connectivity index (χ3v) is 2.65. The minimum Gasteiger partial charge on any atom is -0.292 e. The fourth-order valence-corrected chi connectivity index (χ4v) is 1.83. The van der Waals surface area contributed by atoms with E-state index in [4.69, 9.17) is 11.7 Å². The molecule has 2 rings (SSSR count). The van der Waals surface area contributed by atoms with E-state index in [2.05, 4.69) is 40.8 Å². The Bertz CT molecular complexity index is 560. The summed E-state index contributed by atoms with van der Waals surface area (Å²) in [5.41, 5.74) is 4.84. The van der Waals surface area contributed by atoms with Gasteiger partial charge in [-0.2, -0.15) is 19.9 Å². The summed E-state index contributed by atoms with van der Waals surface area (Å²) < 4.78 is 0. The van der Waals surface area contributed by atoms with Crippen LogP contribution < -0.4 is 22.5 Å². The number of aryl methyl sites for hydroxylation is 4. The van der Waals surface area contributed by atoms with Crippen LogP contribution in [0.4, 0.5) is 11.9 Å². The number of hydrogen-bond acceptors (Lipinski definition) is 10. The minimum absolute atomic E-state index is 0.364. The molecule has 6 N–H and O–H groups in total. The summed E-state index contributed by atoms with van der Waals surface area (Å²) in [5, 5.41) is 0. The molecular weight excluding hydrogens is 272 g/mol. The zero-order chi connectivity index (χ0) is 15.2. The van der Waals surface area contributed by atoms with Gasteiger partial charge in [0.15, 0.2) is 0 Å². The SMILES string of the molecule is Cc1nc(CCCc2nc(C)nc(NN)n2)nc(NN)n1. The van der Waals surface area contributed by atoms with Gasteiger partial charge >= 0.3 is 0 Å². The average Bonchev–Trinajstić information content (AvgIpc) is 2.46. The minimum atomic E-state index is 0.364. The largest absolute Gasteiger partial charge is 0.292 e. The van der Waals surface area contributed by atoms with Crippen LogP contribution >= 0.6 is 0 Å². The van der Waals surface area contributed by atoms with Crippen LogP contribution in [0.15, 0.2) is 0 Å². The van der Waals surface area contributed by atoms with Crippen molar-refractivity contribution in [2.45, 2.75) is 33.1 Å². The van der Waals surface area contributed by atoms with Gasteiger partial charge in [-0.25, -0.2) is 21.7 Å². The van der Waals surface area contributed by atoms with E-state index in [0.717, 1.165) is 6.42 Å². The molecule has 0 aliphatic rings. The number of hydrogen-bond donors (Lipinski definition) is 4. The summed E-state index contributed by atoms with van der Waals surface area (Å²) in [5.74, 6) is 13.9. The Morgan fingerprint density at radius 1 is 0.714 bits per heavy atom. The highest BCUT2D eigenvalue weighted by molar-refractivity contribution is 5.22. The van der Waals surface area contributed by atoms with Crippen LogP contribution in [0.1, 0.15) is 29.7 Å². The lowest BCUT2D eigenvalue weighted by Gasteiger charge is -2.05. The van der Waals surface area contributed by atoms with Crippen molar-refractivity contribution in [2.24, 2.45) is 11.7 Å². The summed E-state index contributed by atoms with van der Waals surface area (Å²) in [4.78, 5) is 25.0. The molecule has 0 aliphatic heterocycles. The van der Waals surface area contributed by atoms with Crippen molar-refractivity contribution in [1.82, 2.24) is 29.9 Å². The third kappa shape index (κ3) is 4.26. The van der Waals surface area contributed by atoms with Crippen molar-refractivity contribution in [2.75, 3.05) is 10.9 Å². The maximum absolute atomic E-state index is 5.31. The van der Waals surface area contributed by atoms with E-state index in [1.165, 1.54) is 0 Å². The summed E-state index contributed by atoms with van der Waals surface area (Å²) in [7, 11) is 0. The molecule has 2 aromatic rings. The summed E-state index contributed by atoms with van der Waals surface area (Å²) in [6.07, 6.45) is 2.14. The van der Waals surface area contributed by atoms with E-state index in [0.29, 0.717) is 48.0 Å². The maximum atomic E-state index is 5.31. The Labute approximate surface area is 121 Å². The summed E-state index contributed by atoms with van der Waals surface area (Å²) in [6.45, 7) is 3.58. The van der Waals surface area contributed by atoms with Gasteiger partial charge in [-0.3, -0.25) is 10.9 Å². The number of nitrogen functional groups attached to an aromatic ring is 2. The molecule has 0 saturated heterocycles. The molecule has 0 atom stereocenters. The number of nitrogens with one attached hydrogen (secondary N) is 2. The first-order valence-corrected chi connectivity index (χ1v) is 6.47. The van der Waals surface area contributed by atoms with Gasteiger partial charge in [0, 0.05) is 12.8 Å². The Morgan fingerprint density at radius 2 is 1.14 bits per heavy atom. The molecule has 0 aromatic carbocycles. The van der Waals surface area contributed by atoms with Crippen molar-refractivity contribution >= 4 is 11.9 Å². The number of rotatable bonds is 6. The van der Waals surface area contributed by atoms with Crippen LogP contribution in [0.5, 0.6) is 0 Å². The van der Waals surface area contributed by atoms with Gasteiger partial charge in [0.2, 0.25) is 11.9 Å². The molecule has 0 spiro atoms. The first-order chi connectivity index (χ1) is 10.1. The average molecular weight is 290 g/mol. The van der Waals surface area contributed by atoms with Gasteiger partial charge < -0.3 is 0 Å². The summed E-state index contributed by atoms with van der Waals surface area (Å²) in [6, 6.07) is 0. The van der Waals surface area contributed by atoms with E-state index in [9.17, 15) is 0 Å². The van der Waals surface area contributed by atoms with Crippen molar-refractivity contribution in [1.29, 1.82) is 0 Å². The second kappa shape index (κ2) is 6.81. The monoisotopic (exact) mass is 290 g/mol.